The van der Waals surface area contributed by atoms with Crippen molar-refractivity contribution in [2.24, 2.45) is 11.8 Å². The number of carbonyl (C=O) groups excluding carboxylic acids is 3. The smallest absolute Gasteiger partial charge is 0.481 e. The van der Waals surface area contributed by atoms with Gasteiger partial charge >= 0.3 is 24.1 Å². The van der Waals surface area contributed by atoms with Crippen molar-refractivity contribution in [3.63, 3.8) is 0 Å². The molecule has 2 aliphatic rings. The predicted molar refractivity (Wildman–Crippen MR) is 110 cm³/mol. The van der Waals surface area contributed by atoms with Gasteiger partial charge in [-0.1, -0.05) is 0 Å². The molecule has 2 saturated carbocycles. The first-order valence-electron chi connectivity index (χ1n) is 10.9. The maximum Gasteiger partial charge on any atom is 0.513 e. The van der Waals surface area contributed by atoms with Crippen LogP contribution in [0.3, 0.4) is 0 Å². The van der Waals surface area contributed by atoms with Crippen LogP contribution in [0.25, 0.3) is 0 Å². The van der Waals surface area contributed by atoms with E-state index in [1.807, 2.05) is 0 Å². The normalized spacial score (nSPS) is 25.3. The standard InChI is InChI=1S/C23H28O9/c1-29-23(28)32-19-8-6-16(7-9-19)22(27)31-18-12-10-17(11-13-18)30-21(26)15-4-2-14(3-5-15)20(24)25/h6-9,14-15,17-18H,2-5,10-13H2,1H3,(H,24,25). The molecular formula is C23H28O9. The number of esters is 2. The zero-order valence-corrected chi connectivity index (χ0v) is 18.0. The number of methoxy groups -OCH3 is 1. The number of aliphatic carboxylic acids is 1. The van der Waals surface area contributed by atoms with Crippen molar-refractivity contribution < 1.29 is 43.2 Å². The van der Waals surface area contributed by atoms with Crippen molar-refractivity contribution in [1.29, 1.82) is 0 Å². The van der Waals surface area contributed by atoms with Gasteiger partial charge in [0.2, 0.25) is 0 Å². The Morgan fingerprint density at radius 1 is 0.781 bits per heavy atom. The molecule has 1 aromatic rings. The first-order valence-corrected chi connectivity index (χ1v) is 10.9. The Hall–Kier alpha value is -3.10. The van der Waals surface area contributed by atoms with Crippen LogP contribution in [-0.4, -0.2) is 48.5 Å². The molecule has 0 radical (unpaired) electrons. The topological polar surface area (TPSA) is 125 Å². The molecule has 0 unspecified atom stereocenters. The van der Waals surface area contributed by atoms with E-state index < -0.39 is 18.1 Å². The van der Waals surface area contributed by atoms with Gasteiger partial charge in [-0.2, -0.15) is 0 Å². The molecule has 0 aliphatic heterocycles. The Bertz CT molecular complexity index is 816. The Morgan fingerprint density at radius 3 is 1.84 bits per heavy atom. The summed E-state index contributed by atoms with van der Waals surface area (Å²) in [6, 6.07) is 5.97. The molecule has 3 rings (SSSR count). The van der Waals surface area contributed by atoms with Gasteiger partial charge in [0.05, 0.1) is 24.5 Å². The maximum absolute atomic E-state index is 12.4. The molecule has 0 atom stereocenters. The van der Waals surface area contributed by atoms with E-state index >= 15 is 0 Å². The van der Waals surface area contributed by atoms with Gasteiger partial charge in [-0.25, -0.2) is 9.59 Å². The van der Waals surface area contributed by atoms with Gasteiger partial charge in [0.1, 0.15) is 18.0 Å². The van der Waals surface area contributed by atoms with E-state index in [9.17, 15) is 19.2 Å². The number of ether oxygens (including phenoxy) is 4. The first-order chi connectivity index (χ1) is 15.4. The van der Waals surface area contributed by atoms with Gasteiger partial charge in [-0.3, -0.25) is 9.59 Å². The summed E-state index contributed by atoms with van der Waals surface area (Å²) in [5.41, 5.74) is 0.340. The second-order valence-corrected chi connectivity index (χ2v) is 8.21. The van der Waals surface area contributed by atoms with E-state index in [-0.39, 0.29) is 35.8 Å². The van der Waals surface area contributed by atoms with E-state index in [2.05, 4.69) is 4.74 Å². The zero-order chi connectivity index (χ0) is 23.1. The summed E-state index contributed by atoms with van der Waals surface area (Å²) in [6.07, 6.45) is 3.22. The van der Waals surface area contributed by atoms with E-state index in [1.165, 1.54) is 31.4 Å². The van der Waals surface area contributed by atoms with Crippen LogP contribution >= 0.6 is 0 Å². The third-order valence-corrected chi connectivity index (χ3v) is 6.05. The summed E-state index contributed by atoms with van der Waals surface area (Å²) in [6.45, 7) is 0. The van der Waals surface area contributed by atoms with Gasteiger partial charge in [0.25, 0.3) is 0 Å². The van der Waals surface area contributed by atoms with Crippen LogP contribution in [0, 0.1) is 11.8 Å². The molecule has 9 heteroatoms. The molecule has 0 spiro atoms. The van der Waals surface area contributed by atoms with Crippen LogP contribution in [0.5, 0.6) is 5.75 Å². The van der Waals surface area contributed by atoms with Crippen LogP contribution in [0.1, 0.15) is 61.7 Å². The Balaban J connectivity index is 1.39. The van der Waals surface area contributed by atoms with Crippen LogP contribution in [0.15, 0.2) is 24.3 Å². The van der Waals surface area contributed by atoms with Crippen molar-refractivity contribution >= 4 is 24.1 Å². The Morgan fingerprint density at radius 2 is 1.31 bits per heavy atom. The number of carboxylic acids is 1. The lowest BCUT2D eigenvalue weighted by Crippen LogP contribution is -2.33. The summed E-state index contributed by atoms with van der Waals surface area (Å²) in [4.78, 5) is 46.9. The molecule has 2 fully saturated rings. The Labute approximate surface area is 186 Å². The second kappa shape index (κ2) is 11.0. The number of rotatable bonds is 6. The Kier molecular flexibility index (Phi) is 8.08. The molecule has 0 bridgehead atoms. The van der Waals surface area contributed by atoms with E-state index in [0.29, 0.717) is 56.9 Å². The quantitative estimate of drug-likeness (QED) is 0.393. The van der Waals surface area contributed by atoms with Crippen LogP contribution < -0.4 is 4.74 Å². The molecule has 0 amide bonds. The largest absolute Gasteiger partial charge is 0.513 e. The number of carbonyl (C=O) groups is 4. The van der Waals surface area contributed by atoms with Gasteiger partial charge in [-0.15, -0.1) is 0 Å². The predicted octanol–water partition coefficient (Wildman–Crippen LogP) is 3.73. The van der Waals surface area contributed by atoms with E-state index in [0.717, 1.165) is 0 Å². The lowest BCUT2D eigenvalue weighted by atomic mass is 9.82. The second-order valence-electron chi connectivity index (χ2n) is 8.21. The van der Waals surface area contributed by atoms with Gasteiger partial charge in [0, 0.05) is 0 Å². The summed E-state index contributed by atoms with van der Waals surface area (Å²) in [5.74, 6) is -1.84. The third-order valence-electron chi connectivity index (χ3n) is 6.05. The summed E-state index contributed by atoms with van der Waals surface area (Å²) < 4.78 is 20.5. The van der Waals surface area contributed by atoms with E-state index in [4.69, 9.17) is 19.3 Å². The molecule has 2 aliphatic carbocycles. The highest BCUT2D eigenvalue weighted by atomic mass is 16.7. The number of hydrogen-bond acceptors (Lipinski definition) is 8. The minimum absolute atomic E-state index is 0.204. The number of hydrogen-bond donors (Lipinski definition) is 1. The van der Waals surface area contributed by atoms with Crippen LogP contribution in [0.4, 0.5) is 4.79 Å². The van der Waals surface area contributed by atoms with Crippen LogP contribution in [-0.2, 0) is 23.8 Å². The fourth-order valence-corrected chi connectivity index (χ4v) is 4.12. The molecular weight excluding hydrogens is 420 g/mol. The van der Waals surface area contributed by atoms with Crippen molar-refractivity contribution in [1.82, 2.24) is 0 Å². The van der Waals surface area contributed by atoms with Crippen LogP contribution in [0.2, 0.25) is 0 Å². The summed E-state index contributed by atoms with van der Waals surface area (Å²) in [5, 5.41) is 9.06. The molecule has 32 heavy (non-hydrogen) atoms. The minimum Gasteiger partial charge on any atom is -0.481 e. The molecule has 174 valence electrons. The van der Waals surface area contributed by atoms with Crippen molar-refractivity contribution in [2.75, 3.05) is 7.11 Å². The summed E-state index contributed by atoms with van der Waals surface area (Å²) in [7, 11) is 1.20. The molecule has 0 saturated heterocycles. The molecule has 9 nitrogen and oxygen atoms in total. The molecule has 0 aromatic heterocycles. The van der Waals surface area contributed by atoms with Gasteiger partial charge < -0.3 is 24.1 Å². The average Bonchev–Trinajstić information content (AvgIpc) is 2.80. The van der Waals surface area contributed by atoms with Crippen molar-refractivity contribution in [3.05, 3.63) is 29.8 Å². The summed E-state index contributed by atoms with van der Waals surface area (Å²) >= 11 is 0. The zero-order valence-electron chi connectivity index (χ0n) is 18.0. The van der Waals surface area contributed by atoms with Gasteiger partial charge in [0.15, 0.2) is 0 Å². The fourth-order valence-electron chi connectivity index (χ4n) is 4.12. The van der Waals surface area contributed by atoms with Crippen molar-refractivity contribution in [3.8, 4) is 5.75 Å². The molecule has 1 N–H and O–H groups in total. The van der Waals surface area contributed by atoms with E-state index in [1.54, 1.807) is 0 Å². The average molecular weight is 448 g/mol. The number of benzene rings is 1. The highest BCUT2D eigenvalue weighted by Crippen LogP contribution is 2.31. The maximum atomic E-state index is 12.4. The molecule has 1 aromatic carbocycles. The lowest BCUT2D eigenvalue weighted by molar-refractivity contribution is -0.159. The lowest BCUT2D eigenvalue weighted by Gasteiger charge is -2.30. The highest BCUT2D eigenvalue weighted by molar-refractivity contribution is 5.89. The molecule has 0 heterocycles. The minimum atomic E-state index is -0.842. The van der Waals surface area contributed by atoms with Gasteiger partial charge in [-0.05, 0) is 75.6 Å². The van der Waals surface area contributed by atoms with Crippen molar-refractivity contribution in [2.45, 2.75) is 63.6 Å². The highest BCUT2D eigenvalue weighted by Gasteiger charge is 2.33. The monoisotopic (exact) mass is 448 g/mol. The fraction of sp³-hybridized carbons (Fsp3) is 0.565. The SMILES string of the molecule is COC(=O)Oc1ccc(C(=O)OC2CCC(OC(=O)C3CCC(C(=O)O)CC3)CC2)cc1. The number of carboxylic acid groups (broad SMARTS) is 1. The third kappa shape index (κ3) is 6.45. The first kappa shape index (κ1) is 23.6.